The van der Waals surface area contributed by atoms with E-state index < -0.39 is 6.03 Å². The van der Waals surface area contributed by atoms with Gasteiger partial charge in [0.05, 0.1) is 6.04 Å². The number of hydrogen-bond acceptors (Lipinski definition) is 3. The van der Waals surface area contributed by atoms with Crippen LogP contribution in [-0.4, -0.2) is 31.1 Å². The summed E-state index contributed by atoms with van der Waals surface area (Å²) in [5, 5.41) is 7.98. The highest BCUT2D eigenvalue weighted by molar-refractivity contribution is 5.96. The lowest BCUT2D eigenvalue weighted by molar-refractivity contribution is -0.122. The van der Waals surface area contributed by atoms with Crippen molar-refractivity contribution in [3.05, 3.63) is 0 Å². The Hall–Kier alpha value is -1.10. The Morgan fingerprint density at radius 2 is 1.67 bits per heavy atom. The molecule has 1 aliphatic rings. The van der Waals surface area contributed by atoms with Gasteiger partial charge in [0.15, 0.2) is 0 Å². The van der Waals surface area contributed by atoms with Crippen LogP contribution in [0.3, 0.4) is 0 Å². The number of hydrogen-bond donors (Lipinski definition) is 3. The molecule has 0 spiro atoms. The van der Waals surface area contributed by atoms with Crippen LogP contribution in [0.5, 0.6) is 0 Å². The second-order valence-corrected chi connectivity index (χ2v) is 5.57. The third-order valence-electron chi connectivity index (χ3n) is 3.52. The van der Waals surface area contributed by atoms with Gasteiger partial charge in [-0.2, -0.15) is 0 Å². The van der Waals surface area contributed by atoms with Gasteiger partial charge in [0.2, 0.25) is 5.91 Å². The van der Waals surface area contributed by atoms with Gasteiger partial charge in [0.25, 0.3) is 0 Å². The molecule has 3 N–H and O–H groups in total. The van der Waals surface area contributed by atoms with Crippen LogP contribution in [-0.2, 0) is 4.79 Å². The quantitative estimate of drug-likeness (QED) is 0.710. The number of carbonyl (C=O) groups excluding carboxylic acids is 2. The SMILES string of the molecule is CNC(=O)NC(=O)C(C)NC1CC(C)CC(C)C1. The van der Waals surface area contributed by atoms with Gasteiger partial charge in [-0.05, 0) is 38.0 Å². The third-order valence-corrected chi connectivity index (χ3v) is 3.52. The first kappa shape index (κ1) is 15.0. The predicted molar refractivity (Wildman–Crippen MR) is 71.2 cm³/mol. The summed E-state index contributed by atoms with van der Waals surface area (Å²) in [6.07, 6.45) is 3.46. The minimum Gasteiger partial charge on any atom is -0.341 e. The zero-order valence-electron chi connectivity index (χ0n) is 11.7. The van der Waals surface area contributed by atoms with Gasteiger partial charge < -0.3 is 10.6 Å². The lowest BCUT2D eigenvalue weighted by Gasteiger charge is -2.33. The number of amides is 3. The first-order valence-corrected chi connectivity index (χ1v) is 6.71. The van der Waals surface area contributed by atoms with Crippen LogP contribution < -0.4 is 16.0 Å². The second-order valence-electron chi connectivity index (χ2n) is 5.57. The highest BCUT2D eigenvalue weighted by atomic mass is 16.2. The summed E-state index contributed by atoms with van der Waals surface area (Å²) in [5.74, 6) is 1.11. The van der Waals surface area contributed by atoms with Gasteiger partial charge in [0.1, 0.15) is 0 Å². The molecule has 3 amide bonds. The smallest absolute Gasteiger partial charge is 0.321 e. The number of urea groups is 1. The van der Waals surface area contributed by atoms with E-state index in [1.807, 2.05) is 0 Å². The highest BCUT2D eigenvalue weighted by Gasteiger charge is 2.26. The van der Waals surface area contributed by atoms with Crippen LogP contribution in [0.1, 0.15) is 40.0 Å². The molecule has 1 aliphatic carbocycles. The van der Waals surface area contributed by atoms with E-state index in [9.17, 15) is 9.59 Å². The molecule has 0 bridgehead atoms. The summed E-state index contributed by atoms with van der Waals surface area (Å²) in [5.41, 5.74) is 0. The molecule has 3 unspecified atom stereocenters. The number of nitrogens with one attached hydrogen (secondary N) is 3. The van der Waals surface area contributed by atoms with Crippen molar-refractivity contribution in [2.75, 3.05) is 7.05 Å². The van der Waals surface area contributed by atoms with E-state index in [1.165, 1.54) is 13.5 Å². The monoisotopic (exact) mass is 255 g/mol. The lowest BCUT2D eigenvalue weighted by Crippen LogP contribution is -2.51. The standard InChI is InChI=1S/C13H25N3O2/c1-8-5-9(2)7-11(6-8)15-10(3)12(17)16-13(18)14-4/h8-11,15H,5-7H2,1-4H3,(H2,14,16,17,18). The molecule has 0 aromatic heterocycles. The van der Waals surface area contributed by atoms with E-state index in [0.29, 0.717) is 17.9 Å². The maximum Gasteiger partial charge on any atom is 0.321 e. The van der Waals surface area contributed by atoms with Gasteiger partial charge in [-0.3, -0.25) is 10.1 Å². The Balaban J connectivity index is 2.41. The molecule has 1 saturated carbocycles. The summed E-state index contributed by atoms with van der Waals surface area (Å²) in [7, 11) is 1.49. The van der Waals surface area contributed by atoms with E-state index in [-0.39, 0.29) is 11.9 Å². The first-order chi connectivity index (χ1) is 8.42. The fraction of sp³-hybridized carbons (Fsp3) is 0.846. The molecule has 0 heterocycles. The van der Waals surface area contributed by atoms with E-state index in [0.717, 1.165) is 12.8 Å². The molecule has 104 valence electrons. The fourth-order valence-corrected chi connectivity index (χ4v) is 2.79. The van der Waals surface area contributed by atoms with Gasteiger partial charge >= 0.3 is 6.03 Å². The molecule has 3 atom stereocenters. The van der Waals surface area contributed by atoms with E-state index in [1.54, 1.807) is 6.92 Å². The largest absolute Gasteiger partial charge is 0.341 e. The normalized spacial score (nSPS) is 29.4. The molecule has 0 radical (unpaired) electrons. The van der Waals surface area contributed by atoms with Gasteiger partial charge in [-0.25, -0.2) is 4.79 Å². The minimum atomic E-state index is -0.459. The molecule has 0 saturated heterocycles. The average molecular weight is 255 g/mol. The van der Waals surface area contributed by atoms with Crippen molar-refractivity contribution in [1.29, 1.82) is 0 Å². The highest BCUT2D eigenvalue weighted by Crippen LogP contribution is 2.28. The summed E-state index contributed by atoms with van der Waals surface area (Å²) >= 11 is 0. The van der Waals surface area contributed by atoms with Crippen molar-refractivity contribution in [2.45, 2.75) is 52.1 Å². The van der Waals surface area contributed by atoms with Crippen molar-refractivity contribution in [3.63, 3.8) is 0 Å². The molecule has 5 heteroatoms. The van der Waals surface area contributed by atoms with Crippen molar-refractivity contribution in [1.82, 2.24) is 16.0 Å². The molecule has 5 nitrogen and oxygen atoms in total. The molecule has 0 aliphatic heterocycles. The summed E-state index contributed by atoms with van der Waals surface area (Å²) in [6.45, 7) is 6.29. The van der Waals surface area contributed by atoms with Crippen molar-refractivity contribution < 1.29 is 9.59 Å². The van der Waals surface area contributed by atoms with Crippen molar-refractivity contribution >= 4 is 11.9 Å². The first-order valence-electron chi connectivity index (χ1n) is 6.71. The van der Waals surface area contributed by atoms with E-state index in [2.05, 4.69) is 29.8 Å². The zero-order chi connectivity index (χ0) is 13.7. The number of rotatable bonds is 3. The summed E-state index contributed by atoms with van der Waals surface area (Å²) < 4.78 is 0. The molecule has 18 heavy (non-hydrogen) atoms. The predicted octanol–water partition coefficient (Wildman–Crippen LogP) is 1.24. The second kappa shape index (κ2) is 6.73. The average Bonchev–Trinajstić information content (AvgIpc) is 2.27. The number of carbonyl (C=O) groups is 2. The van der Waals surface area contributed by atoms with Crippen molar-refractivity contribution in [3.8, 4) is 0 Å². The molecular weight excluding hydrogens is 230 g/mol. The van der Waals surface area contributed by atoms with Gasteiger partial charge in [0, 0.05) is 13.1 Å². The Labute approximate surface area is 109 Å². The van der Waals surface area contributed by atoms with Crippen LogP contribution in [0.25, 0.3) is 0 Å². The third kappa shape index (κ3) is 4.64. The Kier molecular flexibility index (Phi) is 5.59. The van der Waals surface area contributed by atoms with E-state index >= 15 is 0 Å². The minimum absolute atomic E-state index is 0.278. The van der Waals surface area contributed by atoms with E-state index in [4.69, 9.17) is 0 Å². The molecule has 1 rings (SSSR count). The van der Waals surface area contributed by atoms with Crippen LogP contribution >= 0.6 is 0 Å². The molecular formula is C13H25N3O2. The topological polar surface area (TPSA) is 70.2 Å². The van der Waals surface area contributed by atoms with Crippen LogP contribution in [0.15, 0.2) is 0 Å². The van der Waals surface area contributed by atoms with Crippen molar-refractivity contribution in [2.24, 2.45) is 11.8 Å². The van der Waals surface area contributed by atoms with Gasteiger partial charge in [-0.1, -0.05) is 13.8 Å². The lowest BCUT2D eigenvalue weighted by atomic mass is 9.80. The van der Waals surface area contributed by atoms with Crippen LogP contribution in [0, 0.1) is 11.8 Å². The Morgan fingerprint density at radius 3 is 2.17 bits per heavy atom. The van der Waals surface area contributed by atoms with Crippen LogP contribution in [0.2, 0.25) is 0 Å². The molecule has 0 aromatic rings. The summed E-state index contributed by atoms with van der Waals surface area (Å²) in [4.78, 5) is 22.8. The molecule has 1 fully saturated rings. The maximum absolute atomic E-state index is 11.7. The molecule has 0 aromatic carbocycles. The Morgan fingerprint density at radius 1 is 1.11 bits per heavy atom. The summed E-state index contributed by atoms with van der Waals surface area (Å²) in [6, 6.07) is -0.432. The fourth-order valence-electron chi connectivity index (χ4n) is 2.79. The Bertz CT molecular complexity index is 297. The zero-order valence-corrected chi connectivity index (χ0v) is 11.7. The van der Waals surface area contributed by atoms with Gasteiger partial charge in [-0.15, -0.1) is 0 Å². The number of imide groups is 1. The maximum atomic E-state index is 11.7. The van der Waals surface area contributed by atoms with Crippen LogP contribution in [0.4, 0.5) is 4.79 Å².